The van der Waals surface area contributed by atoms with Crippen LogP contribution in [-0.4, -0.2) is 30.5 Å². The van der Waals surface area contributed by atoms with Crippen molar-refractivity contribution in [3.63, 3.8) is 0 Å². The first-order chi connectivity index (χ1) is 11.1. The molecule has 1 aromatic heterocycles. The summed E-state index contributed by atoms with van der Waals surface area (Å²) in [5.74, 6) is 0.487. The maximum Gasteiger partial charge on any atom is 0.337 e. The van der Waals surface area contributed by atoms with Gasteiger partial charge in [-0.15, -0.1) is 0 Å². The van der Waals surface area contributed by atoms with Crippen molar-refractivity contribution in [1.29, 1.82) is 0 Å². The Bertz CT molecular complexity index is 753. The molecule has 1 saturated heterocycles. The molecule has 1 aliphatic rings. The number of hydrogen-bond donors (Lipinski definition) is 0. The lowest BCUT2D eigenvalue weighted by Gasteiger charge is -2.16. The van der Waals surface area contributed by atoms with E-state index >= 15 is 0 Å². The van der Waals surface area contributed by atoms with Crippen molar-refractivity contribution in [2.45, 2.75) is 19.8 Å². The van der Waals surface area contributed by atoms with Crippen LogP contribution in [0.3, 0.4) is 0 Å². The first kappa shape index (κ1) is 15.2. The highest BCUT2D eigenvalue weighted by molar-refractivity contribution is 5.94. The van der Waals surface area contributed by atoms with Crippen molar-refractivity contribution < 1.29 is 14.3 Å². The highest BCUT2D eigenvalue weighted by Gasteiger charge is 2.23. The zero-order valence-corrected chi connectivity index (χ0v) is 13.2. The van der Waals surface area contributed by atoms with E-state index in [1.165, 1.54) is 7.11 Å². The zero-order valence-electron chi connectivity index (χ0n) is 13.2. The largest absolute Gasteiger partial charge is 0.465 e. The number of pyridine rings is 1. The number of carbonyl (C=O) groups is 2. The van der Waals surface area contributed by atoms with Gasteiger partial charge in [0.1, 0.15) is 5.82 Å². The summed E-state index contributed by atoms with van der Waals surface area (Å²) in [7, 11) is 1.36. The Kier molecular flexibility index (Phi) is 4.10. The van der Waals surface area contributed by atoms with E-state index in [4.69, 9.17) is 4.74 Å². The van der Waals surface area contributed by atoms with Gasteiger partial charge in [0.25, 0.3) is 0 Å². The minimum atomic E-state index is -0.353. The topological polar surface area (TPSA) is 59.5 Å². The summed E-state index contributed by atoms with van der Waals surface area (Å²) in [6, 6.07) is 11.1. The molecule has 5 heteroatoms. The Balaban J connectivity index is 1.88. The van der Waals surface area contributed by atoms with E-state index in [1.54, 1.807) is 17.0 Å². The Labute approximate surface area is 134 Å². The SMILES string of the molecule is COC(=O)c1ccc(-c2ccc(N3CCCC3=O)nc2C)cc1. The third-order valence-corrected chi connectivity index (χ3v) is 4.04. The van der Waals surface area contributed by atoms with E-state index in [9.17, 15) is 9.59 Å². The maximum atomic E-state index is 11.8. The smallest absolute Gasteiger partial charge is 0.337 e. The molecule has 0 radical (unpaired) electrons. The molecule has 0 spiro atoms. The second-order valence-electron chi connectivity index (χ2n) is 5.52. The van der Waals surface area contributed by atoms with Crippen molar-refractivity contribution in [1.82, 2.24) is 4.98 Å². The molecule has 1 amide bonds. The van der Waals surface area contributed by atoms with Gasteiger partial charge in [-0.1, -0.05) is 12.1 Å². The monoisotopic (exact) mass is 310 g/mol. The van der Waals surface area contributed by atoms with Crippen LogP contribution in [-0.2, 0) is 9.53 Å². The summed E-state index contributed by atoms with van der Waals surface area (Å²) < 4.78 is 4.70. The number of esters is 1. The molecule has 0 bridgehead atoms. The fourth-order valence-corrected chi connectivity index (χ4v) is 2.80. The number of nitrogens with zero attached hydrogens (tertiary/aromatic N) is 2. The van der Waals surface area contributed by atoms with Gasteiger partial charge in [-0.25, -0.2) is 9.78 Å². The third-order valence-electron chi connectivity index (χ3n) is 4.04. The predicted octanol–water partition coefficient (Wildman–Crippen LogP) is 2.97. The van der Waals surface area contributed by atoms with Crippen LogP contribution in [0.1, 0.15) is 28.9 Å². The highest BCUT2D eigenvalue weighted by atomic mass is 16.5. The van der Waals surface area contributed by atoms with E-state index in [0.29, 0.717) is 17.8 Å². The van der Waals surface area contributed by atoms with Crippen LogP contribution in [0, 0.1) is 6.92 Å². The molecule has 5 nitrogen and oxygen atoms in total. The van der Waals surface area contributed by atoms with E-state index < -0.39 is 0 Å². The lowest BCUT2D eigenvalue weighted by atomic mass is 10.0. The molecule has 0 atom stereocenters. The van der Waals surface area contributed by atoms with E-state index in [1.807, 2.05) is 31.2 Å². The number of aryl methyl sites for hydroxylation is 1. The molecule has 23 heavy (non-hydrogen) atoms. The minimum Gasteiger partial charge on any atom is -0.465 e. The van der Waals surface area contributed by atoms with Gasteiger partial charge in [0.05, 0.1) is 12.7 Å². The van der Waals surface area contributed by atoms with Crippen molar-refractivity contribution in [3.05, 3.63) is 47.7 Å². The zero-order chi connectivity index (χ0) is 16.4. The number of carbonyl (C=O) groups excluding carboxylic acids is 2. The molecule has 3 rings (SSSR count). The number of aromatic nitrogens is 1. The van der Waals surface area contributed by atoms with Crippen LogP contribution in [0.5, 0.6) is 0 Å². The van der Waals surface area contributed by atoms with Crippen LogP contribution in [0.15, 0.2) is 36.4 Å². The van der Waals surface area contributed by atoms with Gasteiger partial charge in [-0.05, 0) is 43.2 Å². The number of anilines is 1. The summed E-state index contributed by atoms with van der Waals surface area (Å²) in [6.45, 7) is 2.66. The molecule has 0 N–H and O–H groups in total. The van der Waals surface area contributed by atoms with Gasteiger partial charge in [0, 0.05) is 24.2 Å². The molecular weight excluding hydrogens is 292 g/mol. The average molecular weight is 310 g/mol. The Morgan fingerprint density at radius 3 is 2.48 bits per heavy atom. The summed E-state index contributed by atoms with van der Waals surface area (Å²) in [5.41, 5.74) is 3.33. The fraction of sp³-hybridized carbons (Fsp3) is 0.278. The first-order valence-corrected chi connectivity index (χ1v) is 7.57. The molecule has 118 valence electrons. The normalized spacial score (nSPS) is 14.2. The molecule has 0 unspecified atom stereocenters. The van der Waals surface area contributed by atoms with Gasteiger partial charge < -0.3 is 4.74 Å². The Morgan fingerprint density at radius 1 is 1.17 bits per heavy atom. The average Bonchev–Trinajstić information content (AvgIpc) is 3.00. The molecular formula is C18H18N2O3. The van der Waals surface area contributed by atoms with Crippen molar-refractivity contribution >= 4 is 17.7 Å². The van der Waals surface area contributed by atoms with Gasteiger partial charge >= 0.3 is 5.97 Å². The molecule has 1 aromatic carbocycles. The number of ether oxygens (including phenoxy) is 1. The fourth-order valence-electron chi connectivity index (χ4n) is 2.80. The van der Waals surface area contributed by atoms with Crippen LogP contribution in [0.4, 0.5) is 5.82 Å². The highest BCUT2D eigenvalue weighted by Crippen LogP contribution is 2.27. The van der Waals surface area contributed by atoms with Gasteiger partial charge in [-0.2, -0.15) is 0 Å². The van der Waals surface area contributed by atoms with Crippen LogP contribution < -0.4 is 4.90 Å². The van der Waals surface area contributed by atoms with E-state index in [-0.39, 0.29) is 11.9 Å². The summed E-state index contributed by atoms with van der Waals surface area (Å²) in [4.78, 5) is 29.6. The predicted molar refractivity (Wildman–Crippen MR) is 87.3 cm³/mol. The van der Waals surface area contributed by atoms with Crippen LogP contribution >= 0.6 is 0 Å². The van der Waals surface area contributed by atoms with Gasteiger partial charge in [0.2, 0.25) is 5.91 Å². The Morgan fingerprint density at radius 2 is 1.91 bits per heavy atom. The van der Waals surface area contributed by atoms with Gasteiger partial charge in [0.15, 0.2) is 0 Å². The van der Waals surface area contributed by atoms with Crippen molar-refractivity contribution in [3.8, 4) is 11.1 Å². The van der Waals surface area contributed by atoms with Crippen LogP contribution in [0.25, 0.3) is 11.1 Å². The second kappa shape index (κ2) is 6.20. The molecule has 1 fully saturated rings. The Hall–Kier alpha value is -2.69. The number of methoxy groups -OCH3 is 1. The quantitative estimate of drug-likeness (QED) is 0.818. The molecule has 0 saturated carbocycles. The van der Waals surface area contributed by atoms with E-state index in [2.05, 4.69) is 4.98 Å². The standard InChI is InChI=1S/C18H18N2O3/c1-12-15(13-5-7-14(8-6-13)18(22)23-2)9-10-16(19-12)20-11-3-4-17(20)21/h5-10H,3-4,11H2,1-2H3. The summed E-state index contributed by atoms with van der Waals surface area (Å²) in [6.07, 6.45) is 1.48. The summed E-state index contributed by atoms with van der Waals surface area (Å²) in [5, 5.41) is 0. The maximum absolute atomic E-state index is 11.8. The van der Waals surface area contributed by atoms with Crippen molar-refractivity contribution in [2.75, 3.05) is 18.6 Å². The molecule has 0 aliphatic carbocycles. The first-order valence-electron chi connectivity index (χ1n) is 7.57. The van der Waals surface area contributed by atoms with Gasteiger partial charge in [-0.3, -0.25) is 9.69 Å². The number of hydrogen-bond acceptors (Lipinski definition) is 4. The minimum absolute atomic E-state index is 0.132. The number of rotatable bonds is 3. The third kappa shape index (κ3) is 2.95. The molecule has 2 heterocycles. The lowest BCUT2D eigenvalue weighted by molar-refractivity contribution is -0.117. The lowest BCUT2D eigenvalue weighted by Crippen LogP contribution is -2.24. The van der Waals surface area contributed by atoms with Crippen molar-refractivity contribution in [2.24, 2.45) is 0 Å². The van der Waals surface area contributed by atoms with E-state index in [0.717, 1.165) is 29.8 Å². The second-order valence-corrected chi connectivity index (χ2v) is 5.52. The summed E-state index contributed by atoms with van der Waals surface area (Å²) >= 11 is 0. The number of amides is 1. The number of benzene rings is 1. The van der Waals surface area contributed by atoms with Crippen LogP contribution in [0.2, 0.25) is 0 Å². The molecule has 2 aromatic rings. The molecule has 1 aliphatic heterocycles.